The molecule has 0 aliphatic carbocycles. The minimum Gasteiger partial charge on any atom is -0.495 e. The van der Waals surface area contributed by atoms with E-state index in [1.807, 2.05) is 24.4 Å². The van der Waals surface area contributed by atoms with Crippen LogP contribution in [0.4, 0.5) is 11.4 Å². The number of quaternary nitrogens is 1. The molecule has 0 aliphatic heterocycles. The highest BCUT2D eigenvalue weighted by Gasteiger charge is 2.15. The van der Waals surface area contributed by atoms with Crippen molar-refractivity contribution in [3.8, 4) is 5.75 Å². The fourth-order valence-electron chi connectivity index (χ4n) is 2.24. The van der Waals surface area contributed by atoms with Gasteiger partial charge < -0.3 is 25.1 Å². The lowest BCUT2D eigenvalue weighted by Crippen LogP contribution is -2.86. The van der Waals surface area contributed by atoms with Gasteiger partial charge in [0.2, 0.25) is 5.91 Å². The van der Waals surface area contributed by atoms with E-state index in [0.29, 0.717) is 17.1 Å². The number of hydrogen-bond acceptors (Lipinski definition) is 4. The average Bonchev–Trinajstić information content (AvgIpc) is 3.07. The molecule has 1 atom stereocenters. The normalized spacial score (nSPS) is 11.6. The van der Waals surface area contributed by atoms with E-state index < -0.39 is 0 Å². The predicted molar refractivity (Wildman–Crippen MR) is 89.8 cm³/mol. The number of carbonyl (C=O) groups excluding carboxylic acids is 2. The van der Waals surface area contributed by atoms with Crippen LogP contribution < -0.4 is 20.7 Å². The lowest BCUT2D eigenvalue weighted by atomic mass is 10.2. The van der Waals surface area contributed by atoms with Crippen molar-refractivity contribution in [1.82, 2.24) is 0 Å². The van der Waals surface area contributed by atoms with Crippen LogP contribution >= 0.6 is 0 Å². The first kappa shape index (κ1) is 17.6. The summed E-state index contributed by atoms with van der Waals surface area (Å²) < 4.78 is 10.5. The fourth-order valence-corrected chi connectivity index (χ4v) is 2.24. The van der Waals surface area contributed by atoms with Crippen LogP contribution in [0.15, 0.2) is 41.0 Å². The first-order valence-electron chi connectivity index (χ1n) is 7.61. The minimum absolute atomic E-state index is 0.0401. The number of nitrogens with two attached hydrogens (primary N) is 1. The van der Waals surface area contributed by atoms with Gasteiger partial charge in [-0.2, -0.15) is 0 Å². The lowest BCUT2D eigenvalue weighted by molar-refractivity contribution is -0.684. The highest BCUT2D eigenvalue weighted by atomic mass is 16.5. The summed E-state index contributed by atoms with van der Waals surface area (Å²) in [6, 6.07) is 8.79. The quantitative estimate of drug-likeness (QED) is 0.716. The Labute approximate surface area is 140 Å². The molecule has 0 radical (unpaired) electrons. The standard InChI is InChI=1S/C17H21N3O4/c1-11(15-5-4-8-24-15)18-10-17(22)20-14-9-13(19-12(2)21)6-7-16(14)23-3/h4-9,11,18H,10H2,1-3H3,(H,19,21)(H,20,22)/p+1/t11-/m1/s1. The van der Waals surface area contributed by atoms with Crippen molar-refractivity contribution in [2.75, 3.05) is 24.3 Å². The van der Waals surface area contributed by atoms with Crippen molar-refractivity contribution in [2.45, 2.75) is 19.9 Å². The summed E-state index contributed by atoms with van der Waals surface area (Å²) in [5.74, 6) is 0.981. The zero-order chi connectivity index (χ0) is 17.5. The van der Waals surface area contributed by atoms with E-state index in [1.54, 1.807) is 24.5 Å². The molecule has 0 fully saturated rings. The van der Waals surface area contributed by atoms with Crippen LogP contribution in [-0.4, -0.2) is 25.5 Å². The number of hydrogen-bond donors (Lipinski definition) is 3. The first-order chi connectivity index (χ1) is 11.5. The van der Waals surface area contributed by atoms with E-state index in [-0.39, 0.29) is 24.4 Å². The second-order valence-corrected chi connectivity index (χ2v) is 5.39. The minimum atomic E-state index is -0.182. The molecule has 0 saturated heterocycles. The molecular weight excluding hydrogens is 310 g/mol. The zero-order valence-electron chi connectivity index (χ0n) is 14.0. The Morgan fingerprint density at radius 3 is 2.71 bits per heavy atom. The van der Waals surface area contributed by atoms with Gasteiger partial charge in [-0.15, -0.1) is 0 Å². The number of ether oxygens (including phenoxy) is 1. The summed E-state index contributed by atoms with van der Waals surface area (Å²) in [7, 11) is 1.52. The fraction of sp³-hybridized carbons (Fsp3) is 0.294. The van der Waals surface area contributed by atoms with Gasteiger partial charge in [0.1, 0.15) is 11.8 Å². The molecule has 7 nitrogen and oxygen atoms in total. The molecule has 128 valence electrons. The molecule has 2 rings (SSSR count). The van der Waals surface area contributed by atoms with E-state index >= 15 is 0 Å². The molecule has 2 amide bonds. The Morgan fingerprint density at radius 1 is 1.29 bits per heavy atom. The van der Waals surface area contributed by atoms with Gasteiger partial charge in [-0.3, -0.25) is 9.59 Å². The van der Waals surface area contributed by atoms with Crippen LogP contribution in [0.5, 0.6) is 5.75 Å². The first-order valence-corrected chi connectivity index (χ1v) is 7.61. The molecule has 1 aromatic heterocycles. The van der Waals surface area contributed by atoms with Crippen LogP contribution in [-0.2, 0) is 9.59 Å². The highest BCUT2D eigenvalue weighted by molar-refractivity contribution is 5.95. The van der Waals surface area contributed by atoms with Crippen LogP contribution in [0.25, 0.3) is 0 Å². The van der Waals surface area contributed by atoms with Gasteiger partial charge in [0.05, 0.1) is 19.1 Å². The van der Waals surface area contributed by atoms with Gasteiger partial charge in [0.25, 0.3) is 5.91 Å². The number of anilines is 2. The molecule has 24 heavy (non-hydrogen) atoms. The topological polar surface area (TPSA) is 97.2 Å². The summed E-state index contributed by atoms with van der Waals surface area (Å²) in [5.41, 5.74) is 1.10. The number of amides is 2. The van der Waals surface area contributed by atoms with Crippen LogP contribution in [0, 0.1) is 0 Å². The second kappa shape index (κ2) is 8.16. The SMILES string of the molecule is COc1ccc(NC(C)=O)cc1NC(=O)C[NH2+][C@H](C)c1ccco1. The summed E-state index contributed by atoms with van der Waals surface area (Å²) in [6.45, 7) is 3.62. The average molecular weight is 332 g/mol. The Morgan fingerprint density at radius 2 is 2.08 bits per heavy atom. The summed E-state index contributed by atoms with van der Waals surface area (Å²) in [6.07, 6.45) is 1.61. The molecule has 0 spiro atoms. The van der Waals surface area contributed by atoms with Crippen molar-refractivity contribution in [1.29, 1.82) is 0 Å². The van der Waals surface area contributed by atoms with Crippen LogP contribution in [0.2, 0.25) is 0 Å². The third-order valence-electron chi connectivity index (χ3n) is 3.44. The lowest BCUT2D eigenvalue weighted by Gasteiger charge is -2.13. The van der Waals surface area contributed by atoms with Crippen molar-refractivity contribution in [2.24, 2.45) is 0 Å². The van der Waals surface area contributed by atoms with Crippen molar-refractivity contribution < 1.29 is 24.1 Å². The maximum absolute atomic E-state index is 12.2. The summed E-state index contributed by atoms with van der Waals surface area (Å²) >= 11 is 0. The van der Waals surface area contributed by atoms with Crippen molar-refractivity contribution >= 4 is 23.2 Å². The van der Waals surface area contributed by atoms with E-state index in [2.05, 4.69) is 10.6 Å². The largest absolute Gasteiger partial charge is 0.495 e. The van der Waals surface area contributed by atoms with Gasteiger partial charge in [0.15, 0.2) is 12.3 Å². The Balaban J connectivity index is 1.98. The zero-order valence-corrected chi connectivity index (χ0v) is 14.0. The summed E-state index contributed by atoms with van der Waals surface area (Å²) in [4.78, 5) is 23.3. The molecule has 1 aromatic carbocycles. The number of benzene rings is 1. The highest BCUT2D eigenvalue weighted by Crippen LogP contribution is 2.27. The molecule has 1 heterocycles. The van der Waals surface area contributed by atoms with Crippen LogP contribution in [0.1, 0.15) is 25.6 Å². The number of nitrogens with one attached hydrogen (secondary N) is 2. The molecule has 0 unspecified atom stereocenters. The molecular formula is C17H22N3O4+. The summed E-state index contributed by atoms with van der Waals surface area (Å²) in [5, 5.41) is 7.34. The van der Waals surface area contributed by atoms with Gasteiger partial charge in [-0.1, -0.05) is 0 Å². The molecule has 4 N–H and O–H groups in total. The maximum atomic E-state index is 12.2. The molecule has 0 aliphatic rings. The third-order valence-corrected chi connectivity index (χ3v) is 3.44. The Bertz CT molecular complexity index is 698. The molecule has 2 aromatic rings. The maximum Gasteiger partial charge on any atom is 0.279 e. The van der Waals surface area contributed by atoms with Crippen LogP contribution in [0.3, 0.4) is 0 Å². The van der Waals surface area contributed by atoms with Gasteiger partial charge in [-0.05, 0) is 37.3 Å². The van der Waals surface area contributed by atoms with E-state index in [4.69, 9.17) is 9.15 Å². The monoisotopic (exact) mass is 332 g/mol. The van der Waals surface area contributed by atoms with E-state index in [9.17, 15) is 9.59 Å². The molecule has 7 heteroatoms. The molecule has 0 saturated carbocycles. The molecule has 0 bridgehead atoms. The van der Waals surface area contributed by atoms with Crippen molar-refractivity contribution in [3.05, 3.63) is 42.4 Å². The van der Waals surface area contributed by atoms with Crippen molar-refractivity contribution in [3.63, 3.8) is 0 Å². The van der Waals surface area contributed by atoms with Gasteiger partial charge >= 0.3 is 0 Å². The number of rotatable bonds is 7. The third kappa shape index (κ3) is 4.85. The number of carbonyl (C=O) groups is 2. The van der Waals surface area contributed by atoms with E-state index in [0.717, 1.165) is 5.76 Å². The van der Waals surface area contributed by atoms with E-state index in [1.165, 1.54) is 14.0 Å². The predicted octanol–water partition coefficient (Wildman–Crippen LogP) is 1.51. The van der Waals surface area contributed by atoms with Gasteiger partial charge in [-0.25, -0.2) is 0 Å². The second-order valence-electron chi connectivity index (χ2n) is 5.39. The Hall–Kier alpha value is -2.80. The smallest absolute Gasteiger partial charge is 0.279 e. The van der Waals surface area contributed by atoms with Gasteiger partial charge in [0, 0.05) is 12.6 Å². The number of methoxy groups -OCH3 is 1. The Kier molecular flexibility index (Phi) is 5.97. The number of furan rings is 1.